The standard InChI is InChI=1S/C45H62F2N4OS/c1-12-15-38(52-26-45-20-14-21-50(45)25-30(9)23-45)49-42-34(32(11)51(13-2)37(28(5)6)19-16-27(3)4)22-31(10)39(41(42)47)33-17-18-36(46)44-40(33)35(24-48)43(53-44)29(7)8/h15,17-18,22,27-30,37H,12-14,16,19-21,23,25-26H2,1-11H3/b34-32+,38-15-,49-42+/t30-,37?,45?/m1/s1. The van der Waals surface area contributed by atoms with Gasteiger partial charge in [-0.05, 0) is 119 Å². The minimum absolute atomic E-state index is 0.00991. The molecule has 0 saturated carbocycles. The molecular weight excluding hydrogens is 683 g/mol. The van der Waals surface area contributed by atoms with E-state index in [0.29, 0.717) is 69.0 Å². The molecule has 3 heterocycles. The van der Waals surface area contributed by atoms with Gasteiger partial charge in [0.1, 0.15) is 24.2 Å². The first-order valence-corrected chi connectivity index (χ1v) is 20.9. The van der Waals surface area contributed by atoms with Crippen LogP contribution in [0.25, 0.3) is 15.7 Å². The van der Waals surface area contributed by atoms with Gasteiger partial charge in [-0.15, -0.1) is 11.3 Å². The van der Waals surface area contributed by atoms with Gasteiger partial charge < -0.3 is 9.64 Å². The number of nitriles is 1. The number of aliphatic imine (C=N–C) groups is 1. The highest BCUT2D eigenvalue weighted by Crippen LogP contribution is 2.46. The molecule has 2 aromatic rings. The molecule has 2 unspecified atom stereocenters. The third-order valence-electron chi connectivity index (χ3n) is 11.6. The van der Waals surface area contributed by atoms with E-state index in [1.165, 1.54) is 17.4 Å². The minimum Gasteiger partial charge on any atom is -0.476 e. The van der Waals surface area contributed by atoms with Crippen LogP contribution in [0.1, 0.15) is 137 Å². The molecule has 5 nitrogen and oxygen atoms in total. The molecule has 0 spiro atoms. The Kier molecular flexibility index (Phi) is 13.1. The molecule has 2 aliphatic heterocycles. The van der Waals surface area contributed by atoms with Crippen molar-refractivity contribution in [1.29, 1.82) is 5.26 Å². The number of hydrogen-bond donors (Lipinski definition) is 0. The van der Waals surface area contributed by atoms with Crippen molar-refractivity contribution in [2.45, 2.75) is 132 Å². The number of ether oxygens (including phenoxy) is 1. The zero-order valence-corrected chi connectivity index (χ0v) is 34.9. The van der Waals surface area contributed by atoms with Gasteiger partial charge in [-0.1, -0.05) is 61.5 Å². The number of allylic oxidation sites excluding steroid dienone is 7. The lowest BCUT2D eigenvalue weighted by atomic mass is 9.85. The summed E-state index contributed by atoms with van der Waals surface area (Å²) in [6.07, 6.45) is 10.2. The number of hydrogen-bond acceptors (Lipinski definition) is 6. The van der Waals surface area contributed by atoms with Gasteiger partial charge in [0, 0.05) is 46.2 Å². The summed E-state index contributed by atoms with van der Waals surface area (Å²) >= 11 is 1.29. The van der Waals surface area contributed by atoms with Gasteiger partial charge in [0.05, 0.1) is 15.8 Å². The second-order valence-electron chi connectivity index (χ2n) is 16.8. The van der Waals surface area contributed by atoms with Gasteiger partial charge in [0.25, 0.3) is 0 Å². The first-order chi connectivity index (χ1) is 25.2. The van der Waals surface area contributed by atoms with Gasteiger partial charge in [-0.3, -0.25) is 4.90 Å². The van der Waals surface area contributed by atoms with Crippen LogP contribution in [-0.4, -0.2) is 53.3 Å². The molecule has 53 heavy (non-hydrogen) atoms. The van der Waals surface area contributed by atoms with E-state index < -0.39 is 11.6 Å². The number of rotatable bonds is 14. The van der Waals surface area contributed by atoms with Gasteiger partial charge in [-0.2, -0.15) is 5.26 Å². The molecule has 0 N–H and O–H groups in total. The molecule has 0 amide bonds. The van der Waals surface area contributed by atoms with Gasteiger partial charge in [-0.25, -0.2) is 13.8 Å². The maximum atomic E-state index is 17.9. The lowest BCUT2D eigenvalue weighted by Gasteiger charge is -2.38. The Labute approximate surface area is 322 Å². The molecule has 8 heteroatoms. The van der Waals surface area contributed by atoms with Crippen molar-refractivity contribution in [3.8, 4) is 6.07 Å². The summed E-state index contributed by atoms with van der Waals surface area (Å²) < 4.78 is 40.3. The molecule has 0 radical (unpaired) electrons. The van der Waals surface area contributed by atoms with E-state index in [1.807, 2.05) is 39.8 Å². The molecule has 2 fully saturated rings. The van der Waals surface area contributed by atoms with Crippen LogP contribution in [0.4, 0.5) is 8.78 Å². The fourth-order valence-corrected chi connectivity index (χ4v) is 10.3. The fraction of sp³-hybridized carbons (Fsp3) is 0.600. The predicted octanol–water partition coefficient (Wildman–Crippen LogP) is 12.3. The summed E-state index contributed by atoms with van der Waals surface area (Å²) in [6, 6.07) is 5.66. The third-order valence-corrected chi connectivity index (χ3v) is 13.1. The average Bonchev–Trinajstić information content (AvgIpc) is 3.77. The zero-order chi connectivity index (χ0) is 38.8. The molecule has 1 aromatic heterocycles. The van der Waals surface area contributed by atoms with E-state index in [2.05, 4.69) is 64.3 Å². The highest BCUT2D eigenvalue weighted by molar-refractivity contribution is 7.19. The normalized spacial score (nSPS) is 23.5. The molecular formula is C45H62F2N4OS. The Morgan fingerprint density at radius 1 is 1.17 bits per heavy atom. The number of nitrogens with zero attached hydrogens (tertiary/aromatic N) is 4. The van der Waals surface area contributed by atoms with Crippen molar-refractivity contribution >= 4 is 32.7 Å². The van der Waals surface area contributed by atoms with Crippen molar-refractivity contribution < 1.29 is 13.5 Å². The van der Waals surface area contributed by atoms with E-state index >= 15 is 8.78 Å². The smallest absolute Gasteiger partial charge is 0.209 e. The van der Waals surface area contributed by atoms with Crippen molar-refractivity contribution in [2.24, 2.45) is 22.7 Å². The molecule has 1 aliphatic carbocycles. The van der Waals surface area contributed by atoms with E-state index in [9.17, 15) is 5.26 Å². The van der Waals surface area contributed by atoms with Gasteiger partial charge in [0.15, 0.2) is 5.83 Å². The second-order valence-corrected chi connectivity index (χ2v) is 17.8. The monoisotopic (exact) mass is 744 g/mol. The zero-order valence-electron chi connectivity index (χ0n) is 34.1. The number of benzene rings is 1. The Hall–Kier alpha value is -3.28. The SMILES string of the molecule is CC/C=C(/N=C1/C(F)=C(c2ccc(F)c3sc(C(C)C)c(C#N)c23)C(C)=C/C1=C(/C)N(CC)C(CCC(C)C)C(C)C)OCC12CCCN1C[C@H](C)C2. The third kappa shape index (κ3) is 8.22. The summed E-state index contributed by atoms with van der Waals surface area (Å²) in [6.45, 7) is 27.1. The number of thiophene rings is 1. The molecule has 2 saturated heterocycles. The van der Waals surface area contributed by atoms with Crippen LogP contribution in [0.15, 0.2) is 57.8 Å². The van der Waals surface area contributed by atoms with Crippen molar-refractivity contribution in [1.82, 2.24) is 9.80 Å². The van der Waals surface area contributed by atoms with Crippen LogP contribution in [-0.2, 0) is 4.74 Å². The fourth-order valence-electron chi connectivity index (χ4n) is 9.08. The molecule has 0 bridgehead atoms. The van der Waals surface area contributed by atoms with Crippen LogP contribution in [0.3, 0.4) is 0 Å². The van der Waals surface area contributed by atoms with Gasteiger partial charge >= 0.3 is 0 Å². The minimum atomic E-state index is -0.478. The van der Waals surface area contributed by atoms with E-state index in [0.717, 1.165) is 67.9 Å². The Bertz CT molecular complexity index is 1870. The van der Waals surface area contributed by atoms with Gasteiger partial charge in [0.2, 0.25) is 5.88 Å². The van der Waals surface area contributed by atoms with Crippen molar-refractivity contribution in [3.05, 3.63) is 74.7 Å². The predicted molar refractivity (Wildman–Crippen MR) is 219 cm³/mol. The highest BCUT2D eigenvalue weighted by Gasteiger charge is 2.47. The van der Waals surface area contributed by atoms with E-state index in [1.54, 1.807) is 6.07 Å². The summed E-state index contributed by atoms with van der Waals surface area (Å²) in [7, 11) is 0. The molecule has 288 valence electrons. The number of fused-ring (bicyclic) bond motifs is 2. The maximum Gasteiger partial charge on any atom is 0.209 e. The van der Waals surface area contributed by atoms with Crippen LogP contribution in [0, 0.1) is 34.9 Å². The van der Waals surface area contributed by atoms with Crippen LogP contribution in [0.5, 0.6) is 0 Å². The Balaban J connectivity index is 1.72. The van der Waals surface area contributed by atoms with E-state index in [4.69, 9.17) is 9.73 Å². The Morgan fingerprint density at radius 2 is 1.91 bits per heavy atom. The highest BCUT2D eigenvalue weighted by atomic mass is 32.1. The summed E-state index contributed by atoms with van der Waals surface area (Å²) in [5.41, 5.74) is 3.92. The average molecular weight is 745 g/mol. The quantitative estimate of drug-likeness (QED) is 0.181. The second kappa shape index (κ2) is 17.0. The Morgan fingerprint density at radius 3 is 2.53 bits per heavy atom. The first kappa shape index (κ1) is 40.9. The summed E-state index contributed by atoms with van der Waals surface area (Å²) in [5, 5.41) is 10.9. The molecule has 5 rings (SSSR count). The molecule has 3 atom stereocenters. The lowest BCUT2D eigenvalue weighted by molar-refractivity contribution is 0.0717. The van der Waals surface area contributed by atoms with Crippen molar-refractivity contribution in [3.63, 3.8) is 0 Å². The van der Waals surface area contributed by atoms with Crippen LogP contribution >= 0.6 is 11.3 Å². The van der Waals surface area contributed by atoms with E-state index in [-0.39, 0.29) is 23.2 Å². The lowest BCUT2D eigenvalue weighted by Crippen LogP contribution is -2.42. The molecule has 1 aromatic carbocycles. The molecule has 3 aliphatic rings. The maximum absolute atomic E-state index is 17.9. The van der Waals surface area contributed by atoms with Crippen LogP contribution in [0.2, 0.25) is 0 Å². The number of halogens is 2. The first-order valence-electron chi connectivity index (χ1n) is 20.1. The van der Waals surface area contributed by atoms with Crippen molar-refractivity contribution in [2.75, 3.05) is 26.2 Å². The largest absolute Gasteiger partial charge is 0.476 e. The summed E-state index contributed by atoms with van der Waals surface area (Å²) in [4.78, 5) is 10.9. The topological polar surface area (TPSA) is 51.9 Å². The van der Waals surface area contributed by atoms with Crippen LogP contribution < -0.4 is 0 Å². The summed E-state index contributed by atoms with van der Waals surface area (Å²) in [5.74, 6) is 1.15.